The van der Waals surface area contributed by atoms with Crippen molar-refractivity contribution < 1.29 is 9.53 Å². The molecular weight excluding hydrogens is 310 g/mol. The van der Waals surface area contributed by atoms with Gasteiger partial charge in [-0.2, -0.15) is 5.10 Å². The maximum Gasteiger partial charge on any atom is 0.345 e. The Morgan fingerprint density at radius 3 is 3.08 bits per heavy atom. The first kappa shape index (κ1) is 15.1. The van der Waals surface area contributed by atoms with Crippen LogP contribution in [-0.4, -0.2) is 48.8 Å². The van der Waals surface area contributed by atoms with Crippen molar-refractivity contribution in [3.8, 4) is 0 Å². The summed E-state index contributed by atoms with van der Waals surface area (Å²) in [6.07, 6.45) is 4.47. The van der Waals surface area contributed by atoms with Crippen molar-refractivity contribution in [2.45, 2.75) is 31.6 Å². The maximum absolute atomic E-state index is 12.5. The summed E-state index contributed by atoms with van der Waals surface area (Å²) >= 11 is 0. The van der Waals surface area contributed by atoms with Gasteiger partial charge in [0, 0.05) is 26.0 Å². The van der Waals surface area contributed by atoms with Crippen LogP contribution in [0.2, 0.25) is 0 Å². The Labute approximate surface area is 138 Å². The topological polar surface area (TPSA) is 82.3 Å². The standard InChI is InChI=1S/C16H19N5O3/c1-19-15(23)21-11-16(24-9-13(21)18-19)4-6-20(10-16)14(22)7-12-3-2-5-17-8-12/h2-3,5,8H,4,6-7,9-11H2,1H3. The lowest BCUT2D eigenvalue weighted by atomic mass is 10.0. The number of hydrogen-bond acceptors (Lipinski definition) is 5. The number of aryl methyl sites for hydroxylation is 1. The third-order valence-electron chi connectivity index (χ3n) is 4.79. The Balaban J connectivity index is 1.47. The highest BCUT2D eigenvalue weighted by Crippen LogP contribution is 2.31. The minimum atomic E-state index is -0.482. The van der Waals surface area contributed by atoms with Gasteiger partial charge in [0.1, 0.15) is 12.2 Å². The zero-order valence-corrected chi connectivity index (χ0v) is 13.5. The molecular formula is C16H19N5O3. The van der Waals surface area contributed by atoms with Gasteiger partial charge in [-0.1, -0.05) is 6.07 Å². The predicted molar refractivity (Wildman–Crippen MR) is 84.1 cm³/mol. The number of rotatable bonds is 2. The number of hydrogen-bond donors (Lipinski definition) is 0. The normalized spacial score (nSPS) is 22.8. The van der Waals surface area contributed by atoms with Gasteiger partial charge in [-0.25, -0.2) is 9.48 Å². The molecule has 0 saturated carbocycles. The fraction of sp³-hybridized carbons (Fsp3) is 0.500. The molecule has 24 heavy (non-hydrogen) atoms. The molecule has 0 N–H and O–H groups in total. The molecule has 4 rings (SSSR count). The molecule has 0 radical (unpaired) electrons. The molecule has 4 heterocycles. The number of amides is 1. The molecule has 8 heteroatoms. The van der Waals surface area contributed by atoms with Gasteiger partial charge in [0.15, 0.2) is 5.82 Å². The molecule has 2 aromatic heterocycles. The highest BCUT2D eigenvalue weighted by Gasteiger charge is 2.44. The molecule has 1 fully saturated rings. The molecule has 0 bridgehead atoms. The van der Waals surface area contributed by atoms with Crippen LogP contribution in [0.5, 0.6) is 0 Å². The van der Waals surface area contributed by atoms with Gasteiger partial charge >= 0.3 is 5.69 Å². The molecule has 1 amide bonds. The molecule has 2 aliphatic rings. The first-order chi connectivity index (χ1) is 11.6. The lowest BCUT2D eigenvalue weighted by Crippen LogP contribution is -2.47. The molecule has 8 nitrogen and oxygen atoms in total. The predicted octanol–water partition coefficient (Wildman–Crippen LogP) is -0.279. The Bertz CT molecular complexity index is 828. The molecule has 2 aliphatic heterocycles. The van der Waals surface area contributed by atoms with Gasteiger partial charge in [0.25, 0.3) is 0 Å². The lowest BCUT2D eigenvalue weighted by molar-refractivity contribution is -0.132. The number of fused-ring (bicyclic) bond motifs is 1. The molecule has 2 aromatic rings. The monoisotopic (exact) mass is 329 g/mol. The van der Waals surface area contributed by atoms with E-state index in [-0.39, 0.29) is 11.6 Å². The summed E-state index contributed by atoms with van der Waals surface area (Å²) in [5.74, 6) is 0.709. The van der Waals surface area contributed by atoms with Gasteiger partial charge in [-0.15, -0.1) is 0 Å². The van der Waals surface area contributed by atoms with E-state index in [2.05, 4.69) is 10.1 Å². The number of ether oxygens (including phenoxy) is 1. The van der Waals surface area contributed by atoms with Crippen LogP contribution in [0, 0.1) is 0 Å². The third-order valence-corrected chi connectivity index (χ3v) is 4.79. The third kappa shape index (κ3) is 2.52. The van der Waals surface area contributed by atoms with E-state index < -0.39 is 5.60 Å². The number of carbonyl (C=O) groups excluding carboxylic acids is 1. The average Bonchev–Trinajstić information content (AvgIpc) is 3.12. The Morgan fingerprint density at radius 2 is 2.29 bits per heavy atom. The highest BCUT2D eigenvalue weighted by molar-refractivity contribution is 5.79. The summed E-state index contributed by atoms with van der Waals surface area (Å²) < 4.78 is 9.01. The zero-order chi connectivity index (χ0) is 16.7. The second kappa shape index (κ2) is 5.55. The van der Waals surface area contributed by atoms with Crippen LogP contribution in [0.25, 0.3) is 0 Å². The van der Waals surface area contributed by atoms with E-state index >= 15 is 0 Å². The Hall–Kier alpha value is -2.48. The Morgan fingerprint density at radius 1 is 1.42 bits per heavy atom. The SMILES string of the molecule is Cn1nc2n(c1=O)CC1(CCN(C(=O)Cc3cccnc3)C1)OC2. The van der Waals surface area contributed by atoms with Gasteiger partial charge in [-0.05, 0) is 18.1 Å². The fourth-order valence-corrected chi connectivity index (χ4v) is 3.47. The minimum Gasteiger partial charge on any atom is -0.363 e. The molecule has 1 saturated heterocycles. The van der Waals surface area contributed by atoms with Crippen molar-refractivity contribution in [2.75, 3.05) is 13.1 Å². The zero-order valence-electron chi connectivity index (χ0n) is 13.5. The summed E-state index contributed by atoms with van der Waals surface area (Å²) in [5, 5.41) is 4.17. The van der Waals surface area contributed by atoms with Crippen LogP contribution in [0.15, 0.2) is 29.3 Å². The molecule has 0 aliphatic carbocycles. The summed E-state index contributed by atoms with van der Waals surface area (Å²) in [6.45, 7) is 1.91. The van der Waals surface area contributed by atoms with E-state index in [4.69, 9.17) is 4.74 Å². The van der Waals surface area contributed by atoms with Crippen molar-refractivity contribution in [1.29, 1.82) is 0 Å². The Kier molecular flexibility index (Phi) is 3.49. The van der Waals surface area contributed by atoms with Gasteiger partial charge in [0.05, 0.1) is 19.5 Å². The van der Waals surface area contributed by atoms with Crippen molar-refractivity contribution in [2.24, 2.45) is 7.05 Å². The smallest absolute Gasteiger partial charge is 0.345 e. The quantitative estimate of drug-likeness (QED) is 0.757. The molecule has 1 atom stereocenters. The molecule has 0 aromatic carbocycles. The number of likely N-dealkylation sites (tertiary alicyclic amines) is 1. The van der Waals surface area contributed by atoms with E-state index in [0.717, 1.165) is 12.0 Å². The lowest BCUT2D eigenvalue weighted by Gasteiger charge is -2.33. The second-order valence-corrected chi connectivity index (χ2v) is 6.48. The van der Waals surface area contributed by atoms with E-state index in [1.165, 1.54) is 4.68 Å². The minimum absolute atomic E-state index is 0.0628. The van der Waals surface area contributed by atoms with Gasteiger partial charge in [-0.3, -0.25) is 14.3 Å². The molecule has 126 valence electrons. The number of nitrogens with zero attached hydrogens (tertiary/aromatic N) is 5. The number of aromatic nitrogens is 4. The van der Waals surface area contributed by atoms with Crippen LogP contribution in [0.4, 0.5) is 0 Å². The fourth-order valence-electron chi connectivity index (χ4n) is 3.47. The van der Waals surface area contributed by atoms with E-state index in [9.17, 15) is 9.59 Å². The van der Waals surface area contributed by atoms with Crippen LogP contribution in [0.1, 0.15) is 17.8 Å². The first-order valence-electron chi connectivity index (χ1n) is 8.00. The first-order valence-corrected chi connectivity index (χ1v) is 8.00. The van der Waals surface area contributed by atoms with Crippen molar-refractivity contribution in [3.05, 3.63) is 46.4 Å². The molecule has 1 spiro atoms. The van der Waals surface area contributed by atoms with Crippen molar-refractivity contribution >= 4 is 5.91 Å². The highest BCUT2D eigenvalue weighted by atomic mass is 16.5. The summed E-state index contributed by atoms with van der Waals surface area (Å²) in [4.78, 5) is 30.5. The summed E-state index contributed by atoms with van der Waals surface area (Å²) in [5.41, 5.74) is 0.288. The second-order valence-electron chi connectivity index (χ2n) is 6.48. The van der Waals surface area contributed by atoms with Gasteiger partial charge in [0.2, 0.25) is 5.91 Å². The van der Waals surface area contributed by atoms with E-state index in [0.29, 0.717) is 38.5 Å². The van der Waals surface area contributed by atoms with Crippen LogP contribution >= 0.6 is 0 Å². The van der Waals surface area contributed by atoms with Crippen LogP contribution in [-0.2, 0) is 36.2 Å². The van der Waals surface area contributed by atoms with Crippen molar-refractivity contribution in [3.63, 3.8) is 0 Å². The van der Waals surface area contributed by atoms with Gasteiger partial charge < -0.3 is 9.64 Å². The van der Waals surface area contributed by atoms with Crippen LogP contribution in [0.3, 0.4) is 0 Å². The summed E-state index contributed by atoms with van der Waals surface area (Å²) in [7, 11) is 1.64. The van der Waals surface area contributed by atoms with Crippen molar-refractivity contribution in [1.82, 2.24) is 24.2 Å². The molecule has 1 unspecified atom stereocenters. The number of carbonyl (C=O) groups is 1. The summed E-state index contributed by atoms with van der Waals surface area (Å²) in [6, 6.07) is 3.73. The number of pyridine rings is 1. The van der Waals surface area contributed by atoms with E-state index in [1.54, 1.807) is 24.0 Å². The average molecular weight is 329 g/mol. The maximum atomic E-state index is 12.5. The largest absolute Gasteiger partial charge is 0.363 e. The van der Waals surface area contributed by atoms with E-state index in [1.807, 2.05) is 17.0 Å². The van der Waals surface area contributed by atoms with Crippen LogP contribution < -0.4 is 5.69 Å².